The molecule has 0 aliphatic carbocycles. The van der Waals surface area contributed by atoms with Gasteiger partial charge in [-0.2, -0.15) is 0 Å². The molecule has 0 saturated heterocycles. The molecule has 3 rings (SSSR count). The van der Waals surface area contributed by atoms with Crippen LogP contribution in [-0.4, -0.2) is 16.5 Å². The number of nitrogens with one attached hydrogen (secondary N) is 2. The summed E-state index contributed by atoms with van der Waals surface area (Å²) in [5.74, 6) is 0.884. The Hall–Kier alpha value is -2.66. The summed E-state index contributed by atoms with van der Waals surface area (Å²) in [6.45, 7) is 0.720. The SMILES string of the molecule is Fc1ccccc1Nc1cc(NCCc2ccc(Cl)cc2)ncn1. The standard InChI is InChI=1S/C18H16ClFN4/c19-14-7-5-13(6-8-14)9-10-21-17-11-18(23-12-22-17)24-16-4-2-1-3-15(16)20/h1-8,11-12H,9-10H2,(H2,21,22,23,24). The summed E-state index contributed by atoms with van der Waals surface area (Å²) in [5.41, 5.74) is 1.56. The zero-order chi connectivity index (χ0) is 16.8. The number of benzene rings is 2. The van der Waals surface area contributed by atoms with E-state index in [1.165, 1.54) is 18.0 Å². The molecule has 2 N–H and O–H groups in total. The zero-order valence-corrected chi connectivity index (χ0v) is 13.6. The van der Waals surface area contributed by atoms with Gasteiger partial charge in [-0.3, -0.25) is 0 Å². The van der Waals surface area contributed by atoms with Crippen LogP contribution in [0.25, 0.3) is 0 Å². The molecular weight excluding hydrogens is 327 g/mol. The predicted octanol–water partition coefficient (Wildman–Crippen LogP) is 4.67. The molecule has 0 aliphatic rings. The molecule has 1 aromatic heterocycles. The Labute approximate surface area is 144 Å². The van der Waals surface area contributed by atoms with E-state index < -0.39 is 0 Å². The number of para-hydroxylation sites is 1. The zero-order valence-electron chi connectivity index (χ0n) is 12.8. The van der Waals surface area contributed by atoms with Crippen molar-refractivity contribution in [2.24, 2.45) is 0 Å². The number of aromatic nitrogens is 2. The Morgan fingerprint density at radius 1 is 0.958 bits per heavy atom. The van der Waals surface area contributed by atoms with Gasteiger partial charge in [-0.1, -0.05) is 35.9 Å². The molecule has 0 aliphatic heterocycles. The van der Waals surface area contributed by atoms with Crippen molar-refractivity contribution < 1.29 is 4.39 Å². The van der Waals surface area contributed by atoms with E-state index in [0.717, 1.165) is 18.0 Å². The predicted molar refractivity (Wildman–Crippen MR) is 95.4 cm³/mol. The lowest BCUT2D eigenvalue weighted by Crippen LogP contribution is -2.07. The number of hydrogen-bond donors (Lipinski definition) is 2. The third kappa shape index (κ3) is 4.43. The van der Waals surface area contributed by atoms with Gasteiger partial charge in [0.1, 0.15) is 23.8 Å². The first kappa shape index (κ1) is 16.2. The first-order valence-corrected chi connectivity index (χ1v) is 7.90. The minimum atomic E-state index is -0.326. The van der Waals surface area contributed by atoms with Crippen molar-refractivity contribution in [1.29, 1.82) is 0 Å². The minimum absolute atomic E-state index is 0.326. The van der Waals surface area contributed by atoms with Gasteiger partial charge in [-0.05, 0) is 36.2 Å². The van der Waals surface area contributed by atoms with E-state index in [1.54, 1.807) is 24.3 Å². The van der Waals surface area contributed by atoms with Crippen LogP contribution in [0.15, 0.2) is 60.9 Å². The van der Waals surface area contributed by atoms with E-state index in [0.29, 0.717) is 17.3 Å². The molecular formula is C18H16ClFN4. The van der Waals surface area contributed by atoms with Crippen molar-refractivity contribution in [3.8, 4) is 0 Å². The fourth-order valence-electron chi connectivity index (χ4n) is 2.21. The number of anilines is 3. The molecule has 6 heteroatoms. The summed E-state index contributed by atoms with van der Waals surface area (Å²) < 4.78 is 13.7. The molecule has 0 unspecified atom stereocenters. The Balaban J connectivity index is 1.59. The van der Waals surface area contributed by atoms with E-state index in [1.807, 2.05) is 24.3 Å². The molecule has 0 saturated carbocycles. The molecule has 0 spiro atoms. The van der Waals surface area contributed by atoms with E-state index in [9.17, 15) is 4.39 Å². The van der Waals surface area contributed by atoms with E-state index >= 15 is 0 Å². The highest BCUT2D eigenvalue weighted by atomic mass is 35.5. The maximum absolute atomic E-state index is 13.7. The highest BCUT2D eigenvalue weighted by molar-refractivity contribution is 6.30. The Bertz CT molecular complexity index is 808. The van der Waals surface area contributed by atoms with Crippen molar-refractivity contribution in [3.05, 3.63) is 77.3 Å². The van der Waals surface area contributed by atoms with E-state index in [2.05, 4.69) is 20.6 Å². The molecule has 1 heterocycles. The fraction of sp³-hybridized carbons (Fsp3) is 0.111. The second-order valence-electron chi connectivity index (χ2n) is 5.20. The van der Waals surface area contributed by atoms with Crippen LogP contribution in [0.1, 0.15) is 5.56 Å². The first-order chi connectivity index (χ1) is 11.7. The molecule has 3 aromatic rings. The maximum Gasteiger partial charge on any atom is 0.146 e. The molecule has 0 fully saturated rings. The van der Waals surface area contributed by atoms with Gasteiger partial charge in [-0.25, -0.2) is 14.4 Å². The molecule has 122 valence electrons. The molecule has 0 atom stereocenters. The van der Waals surface area contributed by atoms with Crippen LogP contribution >= 0.6 is 11.6 Å². The normalized spacial score (nSPS) is 10.4. The fourth-order valence-corrected chi connectivity index (χ4v) is 2.33. The Morgan fingerprint density at radius 2 is 1.71 bits per heavy atom. The lowest BCUT2D eigenvalue weighted by molar-refractivity contribution is 0.632. The summed E-state index contributed by atoms with van der Waals surface area (Å²) in [6, 6.07) is 15.9. The van der Waals surface area contributed by atoms with Crippen LogP contribution in [0.5, 0.6) is 0 Å². The number of nitrogens with zero attached hydrogens (tertiary/aromatic N) is 2. The third-order valence-electron chi connectivity index (χ3n) is 3.44. The summed E-state index contributed by atoms with van der Waals surface area (Å²) in [5, 5.41) is 6.90. The van der Waals surface area contributed by atoms with Gasteiger partial charge >= 0.3 is 0 Å². The third-order valence-corrected chi connectivity index (χ3v) is 3.69. The van der Waals surface area contributed by atoms with Crippen molar-refractivity contribution >= 4 is 28.9 Å². The lowest BCUT2D eigenvalue weighted by Gasteiger charge is -2.09. The van der Waals surface area contributed by atoms with Gasteiger partial charge in [0.25, 0.3) is 0 Å². The van der Waals surface area contributed by atoms with Gasteiger partial charge in [0.2, 0.25) is 0 Å². The van der Waals surface area contributed by atoms with Crippen LogP contribution in [0.4, 0.5) is 21.7 Å². The molecule has 2 aromatic carbocycles. The smallest absolute Gasteiger partial charge is 0.146 e. The summed E-state index contributed by atoms with van der Waals surface area (Å²) in [7, 11) is 0. The lowest BCUT2D eigenvalue weighted by atomic mass is 10.1. The highest BCUT2D eigenvalue weighted by Crippen LogP contribution is 2.19. The van der Waals surface area contributed by atoms with Gasteiger partial charge in [0.15, 0.2) is 0 Å². The molecule has 0 radical (unpaired) electrons. The number of rotatable bonds is 6. The first-order valence-electron chi connectivity index (χ1n) is 7.52. The maximum atomic E-state index is 13.7. The highest BCUT2D eigenvalue weighted by Gasteiger charge is 2.03. The summed E-state index contributed by atoms with van der Waals surface area (Å²) >= 11 is 5.87. The van der Waals surface area contributed by atoms with Crippen molar-refractivity contribution in [2.45, 2.75) is 6.42 Å². The topological polar surface area (TPSA) is 49.8 Å². The van der Waals surface area contributed by atoms with Gasteiger partial charge in [0.05, 0.1) is 5.69 Å². The molecule has 24 heavy (non-hydrogen) atoms. The number of hydrogen-bond acceptors (Lipinski definition) is 4. The molecule has 0 amide bonds. The van der Waals surface area contributed by atoms with Crippen molar-refractivity contribution in [2.75, 3.05) is 17.2 Å². The number of halogens is 2. The quantitative estimate of drug-likeness (QED) is 0.683. The van der Waals surface area contributed by atoms with Gasteiger partial charge in [0, 0.05) is 17.6 Å². The second kappa shape index (κ2) is 7.75. The average molecular weight is 343 g/mol. The minimum Gasteiger partial charge on any atom is -0.370 e. The van der Waals surface area contributed by atoms with Crippen LogP contribution in [0.2, 0.25) is 5.02 Å². The summed E-state index contributed by atoms with van der Waals surface area (Å²) in [4.78, 5) is 8.28. The summed E-state index contributed by atoms with van der Waals surface area (Å²) in [6.07, 6.45) is 2.28. The molecule has 0 bridgehead atoms. The monoisotopic (exact) mass is 342 g/mol. The van der Waals surface area contributed by atoms with Gasteiger partial charge < -0.3 is 10.6 Å². The van der Waals surface area contributed by atoms with E-state index in [-0.39, 0.29) is 5.82 Å². The van der Waals surface area contributed by atoms with Crippen LogP contribution in [0.3, 0.4) is 0 Å². The van der Waals surface area contributed by atoms with Crippen LogP contribution in [0, 0.1) is 5.82 Å². The van der Waals surface area contributed by atoms with Crippen LogP contribution < -0.4 is 10.6 Å². The van der Waals surface area contributed by atoms with Crippen molar-refractivity contribution in [3.63, 3.8) is 0 Å². The van der Waals surface area contributed by atoms with Crippen molar-refractivity contribution in [1.82, 2.24) is 9.97 Å². The van der Waals surface area contributed by atoms with Gasteiger partial charge in [-0.15, -0.1) is 0 Å². The Morgan fingerprint density at radius 3 is 2.50 bits per heavy atom. The second-order valence-corrected chi connectivity index (χ2v) is 5.63. The average Bonchev–Trinajstić information content (AvgIpc) is 2.59. The van der Waals surface area contributed by atoms with E-state index in [4.69, 9.17) is 11.6 Å². The molecule has 4 nitrogen and oxygen atoms in total. The largest absolute Gasteiger partial charge is 0.370 e. The Kier molecular flexibility index (Phi) is 5.23. The van der Waals surface area contributed by atoms with Crippen LogP contribution in [-0.2, 0) is 6.42 Å².